The number of guanidine groups is 1. The number of nitrogens with two attached hydrogens (primary N) is 2. The molecule has 0 aromatic heterocycles. The summed E-state index contributed by atoms with van der Waals surface area (Å²) >= 11 is 7.23. The third-order valence-corrected chi connectivity index (χ3v) is 3.22. The molecule has 0 radical (unpaired) electrons. The van der Waals surface area contributed by atoms with Crippen molar-refractivity contribution in [1.29, 1.82) is 5.41 Å². The molecule has 18 heavy (non-hydrogen) atoms. The van der Waals surface area contributed by atoms with E-state index < -0.39 is 0 Å². The predicted molar refractivity (Wildman–Crippen MR) is 72.4 cm³/mol. The summed E-state index contributed by atoms with van der Waals surface area (Å²) in [6, 6.07) is 3.59. The number of benzene rings is 1. The van der Waals surface area contributed by atoms with Gasteiger partial charge in [0.15, 0.2) is 22.6 Å². The molecule has 1 aliphatic rings. The van der Waals surface area contributed by atoms with E-state index in [1.54, 1.807) is 6.07 Å². The van der Waals surface area contributed by atoms with Crippen LogP contribution in [0.4, 0.5) is 0 Å². The van der Waals surface area contributed by atoms with Crippen LogP contribution in [-0.4, -0.2) is 17.9 Å². The molecule has 6 nitrogen and oxygen atoms in total. The first-order valence-corrected chi connectivity index (χ1v) is 6.31. The average molecular weight is 287 g/mol. The van der Waals surface area contributed by atoms with Crippen LogP contribution in [-0.2, 0) is 5.75 Å². The highest BCUT2D eigenvalue weighted by Gasteiger charge is 2.18. The van der Waals surface area contributed by atoms with Gasteiger partial charge in [-0.3, -0.25) is 5.41 Å². The predicted octanol–water partition coefficient (Wildman–Crippen LogP) is 1.51. The van der Waals surface area contributed by atoms with Gasteiger partial charge < -0.3 is 20.9 Å². The molecule has 8 heteroatoms. The number of thioether (sulfide) groups is 1. The molecule has 1 aromatic carbocycles. The molecule has 0 unspecified atom stereocenters. The largest absolute Gasteiger partial charge is 0.454 e. The molecule has 5 N–H and O–H groups in total. The summed E-state index contributed by atoms with van der Waals surface area (Å²) in [4.78, 5) is 3.62. The molecule has 0 saturated carbocycles. The summed E-state index contributed by atoms with van der Waals surface area (Å²) < 4.78 is 10.5. The monoisotopic (exact) mass is 286 g/mol. The summed E-state index contributed by atoms with van der Waals surface area (Å²) in [6.07, 6.45) is 0. The molecule has 0 saturated heterocycles. The lowest BCUT2D eigenvalue weighted by Crippen LogP contribution is -2.23. The molecule has 1 aromatic rings. The van der Waals surface area contributed by atoms with Gasteiger partial charge >= 0.3 is 0 Å². The van der Waals surface area contributed by atoms with Crippen LogP contribution < -0.4 is 20.9 Å². The molecule has 0 bridgehead atoms. The number of halogens is 1. The van der Waals surface area contributed by atoms with Crippen molar-refractivity contribution in [3.05, 3.63) is 22.7 Å². The lowest BCUT2D eigenvalue weighted by molar-refractivity contribution is 0.174. The Morgan fingerprint density at radius 2 is 2.22 bits per heavy atom. The van der Waals surface area contributed by atoms with Gasteiger partial charge in [0.2, 0.25) is 6.79 Å². The zero-order valence-corrected chi connectivity index (χ0v) is 10.8. The zero-order chi connectivity index (χ0) is 13.1. The third kappa shape index (κ3) is 2.99. The van der Waals surface area contributed by atoms with Gasteiger partial charge in [-0.05, 0) is 17.7 Å². The average Bonchev–Trinajstić information content (AvgIpc) is 2.74. The minimum Gasteiger partial charge on any atom is -0.454 e. The van der Waals surface area contributed by atoms with Gasteiger partial charge in [0, 0.05) is 5.75 Å². The van der Waals surface area contributed by atoms with Crippen LogP contribution in [0.2, 0.25) is 5.02 Å². The molecule has 96 valence electrons. The summed E-state index contributed by atoms with van der Waals surface area (Å²) in [5, 5.41) is 8.04. The van der Waals surface area contributed by atoms with Crippen LogP contribution in [0, 0.1) is 5.41 Å². The molecule has 1 heterocycles. The Morgan fingerprint density at radius 1 is 1.44 bits per heavy atom. The van der Waals surface area contributed by atoms with Crippen molar-refractivity contribution in [2.45, 2.75) is 5.75 Å². The maximum Gasteiger partial charge on any atom is 0.231 e. The molecule has 0 spiro atoms. The second-order valence-electron chi connectivity index (χ2n) is 3.44. The lowest BCUT2D eigenvalue weighted by Gasteiger charge is -2.04. The van der Waals surface area contributed by atoms with Gasteiger partial charge in [-0.15, -0.1) is 0 Å². The van der Waals surface area contributed by atoms with Gasteiger partial charge in [0.1, 0.15) is 0 Å². The Morgan fingerprint density at radius 3 is 2.94 bits per heavy atom. The second kappa shape index (κ2) is 5.36. The number of rotatable bonds is 2. The van der Waals surface area contributed by atoms with Crippen molar-refractivity contribution >= 4 is 34.5 Å². The molecular weight excluding hydrogens is 276 g/mol. The molecule has 2 rings (SSSR count). The van der Waals surface area contributed by atoms with Crippen molar-refractivity contribution in [2.24, 2.45) is 16.5 Å². The molecule has 0 fully saturated rings. The number of nitrogens with zero attached hydrogens (tertiary/aromatic N) is 1. The SMILES string of the molecule is N=C(N=C(N)N)SCc1cc(Cl)c2c(c1)OCO2. The van der Waals surface area contributed by atoms with Crippen molar-refractivity contribution in [1.82, 2.24) is 0 Å². The van der Waals surface area contributed by atoms with E-state index in [0.717, 1.165) is 5.56 Å². The number of ether oxygens (including phenoxy) is 2. The number of aliphatic imine (C=N–C) groups is 1. The van der Waals surface area contributed by atoms with E-state index in [0.29, 0.717) is 22.3 Å². The highest BCUT2D eigenvalue weighted by Crippen LogP contribution is 2.40. The van der Waals surface area contributed by atoms with Crippen LogP contribution in [0.5, 0.6) is 11.5 Å². The van der Waals surface area contributed by atoms with Gasteiger partial charge in [0.05, 0.1) is 5.02 Å². The van der Waals surface area contributed by atoms with Crippen LogP contribution in [0.1, 0.15) is 5.56 Å². The van der Waals surface area contributed by atoms with Gasteiger partial charge in [-0.1, -0.05) is 23.4 Å². The van der Waals surface area contributed by atoms with Crippen LogP contribution in [0.3, 0.4) is 0 Å². The Balaban J connectivity index is 2.05. The van der Waals surface area contributed by atoms with Crippen molar-refractivity contribution in [2.75, 3.05) is 6.79 Å². The summed E-state index contributed by atoms with van der Waals surface area (Å²) in [6.45, 7) is 0.176. The molecule has 0 amide bonds. The van der Waals surface area contributed by atoms with Crippen LogP contribution in [0.25, 0.3) is 0 Å². The zero-order valence-electron chi connectivity index (χ0n) is 9.27. The number of hydrogen-bond acceptors (Lipinski definition) is 4. The fourth-order valence-electron chi connectivity index (χ4n) is 1.41. The van der Waals surface area contributed by atoms with Gasteiger partial charge in [-0.25, -0.2) is 0 Å². The molecule has 0 aliphatic carbocycles. The Kier molecular flexibility index (Phi) is 3.83. The summed E-state index contributed by atoms with van der Waals surface area (Å²) in [7, 11) is 0. The number of amidine groups is 1. The van der Waals surface area contributed by atoms with Crippen LogP contribution in [0.15, 0.2) is 17.1 Å². The van der Waals surface area contributed by atoms with Gasteiger partial charge in [-0.2, -0.15) is 4.99 Å². The third-order valence-electron chi connectivity index (χ3n) is 2.09. The normalized spacial score (nSPS) is 12.3. The summed E-state index contributed by atoms with van der Waals surface area (Å²) in [5.41, 5.74) is 11.3. The van der Waals surface area contributed by atoms with Crippen molar-refractivity contribution in [3.63, 3.8) is 0 Å². The Labute approximate surface area is 113 Å². The molecular formula is C10H11ClN4O2S. The molecule has 1 aliphatic heterocycles. The minimum atomic E-state index is -0.129. The number of fused-ring (bicyclic) bond motifs is 1. The highest BCUT2D eigenvalue weighted by molar-refractivity contribution is 8.13. The van der Waals surface area contributed by atoms with Crippen molar-refractivity contribution in [3.8, 4) is 11.5 Å². The lowest BCUT2D eigenvalue weighted by atomic mass is 10.2. The highest BCUT2D eigenvalue weighted by atomic mass is 35.5. The fourth-order valence-corrected chi connectivity index (χ4v) is 2.33. The first-order chi connectivity index (χ1) is 8.56. The number of hydrogen-bond donors (Lipinski definition) is 3. The van der Waals surface area contributed by atoms with E-state index in [1.165, 1.54) is 11.8 Å². The maximum absolute atomic E-state index is 7.50. The minimum absolute atomic E-state index is 0.0452. The van der Waals surface area contributed by atoms with E-state index in [9.17, 15) is 0 Å². The first kappa shape index (κ1) is 12.8. The summed E-state index contributed by atoms with van der Waals surface area (Å²) in [5.74, 6) is 1.57. The van der Waals surface area contributed by atoms with E-state index in [1.807, 2.05) is 6.07 Å². The standard InChI is InChI=1S/C10H11ClN4O2S/c11-6-1-5(2-7-8(6)17-4-16-7)3-18-10(14)15-9(12)13/h1-2H,3-4H2,(H5,12,13,14,15). The van der Waals surface area contributed by atoms with Crippen molar-refractivity contribution < 1.29 is 9.47 Å². The van der Waals surface area contributed by atoms with Crippen LogP contribution >= 0.6 is 23.4 Å². The smallest absolute Gasteiger partial charge is 0.231 e. The Bertz CT molecular complexity index is 517. The topological polar surface area (TPSA) is 107 Å². The maximum atomic E-state index is 7.50. The van der Waals surface area contributed by atoms with E-state index >= 15 is 0 Å². The fraction of sp³-hybridized carbons (Fsp3) is 0.200. The van der Waals surface area contributed by atoms with Gasteiger partial charge in [0.25, 0.3) is 0 Å². The Hall–Kier alpha value is -1.60. The first-order valence-electron chi connectivity index (χ1n) is 4.95. The van der Waals surface area contributed by atoms with E-state index in [2.05, 4.69) is 4.99 Å². The second-order valence-corrected chi connectivity index (χ2v) is 4.81. The molecule has 0 atom stereocenters. The number of nitrogens with one attached hydrogen (secondary N) is 1. The van der Waals surface area contributed by atoms with E-state index in [-0.39, 0.29) is 17.9 Å². The quantitative estimate of drug-likeness (QED) is 0.564. The van der Waals surface area contributed by atoms with E-state index in [4.69, 9.17) is 38.0 Å².